The summed E-state index contributed by atoms with van der Waals surface area (Å²) in [6.45, 7) is 0.622. The fourth-order valence-electron chi connectivity index (χ4n) is 2.53. The first-order valence-electron chi connectivity index (χ1n) is 6.80. The van der Waals surface area contributed by atoms with Crippen molar-refractivity contribution in [3.63, 3.8) is 0 Å². The molecule has 1 aromatic rings. The number of aryl methyl sites for hydroxylation is 1. The quantitative estimate of drug-likeness (QED) is 0.825. The molecular formula is C14H19F3N2. The Hall–Kier alpha value is -1.10. The zero-order valence-corrected chi connectivity index (χ0v) is 10.8. The number of aromatic nitrogens is 1. The van der Waals surface area contributed by atoms with Crippen LogP contribution in [-0.2, 0) is 6.42 Å². The first-order valence-corrected chi connectivity index (χ1v) is 6.80. The summed E-state index contributed by atoms with van der Waals surface area (Å²) in [5.41, 5.74) is 2.34. The number of rotatable bonds is 5. The minimum Gasteiger partial charge on any atom is -0.309 e. The lowest BCUT2D eigenvalue weighted by Gasteiger charge is -2.25. The molecule has 0 fully saturated rings. The average molecular weight is 272 g/mol. The molecule has 1 atom stereocenters. The molecule has 0 bridgehead atoms. The lowest BCUT2D eigenvalue weighted by atomic mass is 9.92. The molecule has 1 aromatic heterocycles. The van der Waals surface area contributed by atoms with Crippen LogP contribution >= 0.6 is 0 Å². The van der Waals surface area contributed by atoms with Gasteiger partial charge < -0.3 is 5.32 Å². The second kappa shape index (κ2) is 6.37. The van der Waals surface area contributed by atoms with Gasteiger partial charge in [-0.3, -0.25) is 4.98 Å². The van der Waals surface area contributed by atoms with Gasteiger partial charge in [-0.05, 0) is 50.3 Å². The molecule has 106 valence electrons. The number of unbranched alkanes of at least 4 members (excludes halogenated alkanes) is 1. The van der Waals surface area contributed by atoms with Gasteiger partial charge in [0.05, 0.1) is 5.69 Å². The molecule has 1 aliphatic rings. The number of hydrogen-bond acceptors (Lipinski definition) is 2. The summed E-state index contributed by atoms with van der Waals surface area (Å²) in [5, 5.41) is 3.33. The second-order valence-corrected chi connectivity index (χ2v) is 5.02. The largest absolute Gasteiger partial charge is 0.389 e. The highest BCUT2D eigenvalue weighted by Gasteiger charge is 2.26. The Morgan fingerprint density at radius 3 is 2.95 bits per heavy atom. The highest BCUT2D eigenvalue weighted by atomic mass is 19.4. The Balaban J connectivity index is 1.75. The van der Waals surface area contributed by atoms with Gasteiger partial charge in [0.1, 0.15) is 0 Å². The zero-order chi connectivity index (χ0) is 13.7. The summed E-state index contributed by atoms with van der Waals surface area (Å²) in [6.07, 6.45) is 0.990. The van der Waals surface area contributed by atoms with Crippen LogP contribution in [0.4, 0.5) is 13.2 Å². The zero-order valence-electron chi connectivity index (χ0n) is 10.8. The molecule has 1 aliphatic carbocycles. The number of nitrogens with zero attached hydrogens (tertiary/aromatic N) is 1. The number of fused-ring (bicyclic) bond motifs is 1. The Labute approximate surface area is 111 Å². The minimum atomic E-state index is -4.03. The summed E-state index contributed by atoms with van der Waals surface area (Å²) in [7, 11) is 0. The van der Waals surface area contributed by atoms with Crippen LogP contribution in [0.5, 0.6) is 0 Å². The van der Waals surface area contributed by atoms with E-state index in [1.54, 1.807) is 6.20 Å². The molecule has 2 rings (SSSR count). The topological polar surface area (TPSA) is 24.9 Å². The van der Waals surface area contributed by atoms with Gasteiger partial charge in [0.2, 0.25) is 0 Å². The van der Waals surface area contributed by atoms with Crippen LogP contribution in [0.2, 0.25) is 0 Å². The summed E-state index contributed by atoms with van der Waals surface area (Å²) < 4.78 is 36.0. The Kier molecular flexibility index (Phi) is 4.80. The van der Waals surface area contributed by atoms with E-state index in [1.165, 1.54) is 5.56 Å². The third-order valence-corrected chi connectivity index (χ3v) is 3.47. The molecule has 1 heterocycles. The Bertz CT molecular complexity index is 404. The van der Waals surface area contributed by atoms with Gasteiger partial charge in [-0.25, -0.2) is 0 Å². The third-order valence-electron chi connectivity index (χ3n) is 3.47. The van der Waals surface area contributed by atoms with Crippen molar-refractivity contribution in [3.05, 3.63) is 29.6 Å². The van der Waals surface area contributed by atoms with Crippen LogP contribution in [0.25, 0.3) is 0 Å². The van der Waals surface area contributed by atoms with Crippen molar-refractivity contribution in [1.82, 2.24) is 10.3 Å². The van der Waals surface area contributed by atoms with E-state index < -0.39 is 12.6 Å². The highest BCUT2D eigenvalue weighted by molar-refractivity contribution is 5.25. The van der Waals surface area contributed by atoms with Crippen molar-refractivity contribution < 1.29 is 13.2 Å². The molecule has 5 heteroatoms. The van der Waals surface area contributed by atoms with Gasteiger partial charge in [-0.1, -0.05) is 6.07 Å². The standard InChI is InChI=1S/C14H19F3N2/c15-14(16,17)8-1-2-9-18-12-7-3-5-11-6-4-10-19-13(11)12/h4,6,10,12,18H,1-3,5,7-9H2. The number of hydrogen-bond donors (Lipinski definition) is 1. The van der Waals surface area contributed by atoms with Crippen molar-refractivity contribution in [2.24, 2.45) is 0 Å². The van der Waals surface area contributed by atoms with E-state index in [0.29, 0.717) is 13.0 Å². The van der Waals surface area contributed by atoms with Crippen molar-refractivity contribution in [1.29, 1.82) is 0 Å². The average Bonchev–Trinajstić information content (AvgIpc) is 2.37. The smallest absolute Gasteiger partial charge is 0.309 e. The number of pyridine rings is 1. The van der Waals surface area contributed by atoms with Crippen LogP contribution in [0, 0.1) is 0 Å². The third kappa shape index (κ3) is 4.49. The Morgan fingerprint density at radius 1 is 1.32 bits per heavy atom. The molecule has 0 saturated heterocycles. The van der Waals surface area contributed by atoms with Gasteiger partial charge in [0, 0.05) is 18.7 Å². The van der Waals surface area contributed by atoms with E-state index in [1.807, 2.05) is 6.07 Å². The lowest BCUT2D eigenvalue weighted by molar-refractivity contribution is -0.135. The van der Waals surface area contributed by atoms with E-state index in [4.69, 9.17) is 0 Å². The van der Waals surface area contributed by atoms with Gasteiger partial charge in [0.25, 0.3) is 0 Å². The molecule has 0 aromatic carbocycles. The summed E-state index contributed by atoms with van der Waals surface area (Å²) in [5.74, 6) is 0. The fraction of sp³-hybridized carbons (Fsp3) is 0.643. The summed E-state index contributed by atoms with van der Waals surface area (Å²) in [4.78, 5) is 4.40. The van der Waals surface area contributed by atoms with Crippen molar-refractivity contribution >= 4 is 0 Å². The molecule has 19 heavy (non-hydrogen) atoms. The van der Waals surface area contributed by atoms with Crippen LogP contribution in [0.1, 0.15) is 49.4 Å². The van der Waals surface area contributed by atoms with Gasteiger partial charge in [-0.2, -0.15) is 13.2 Å². The Morgan fingerprint density at radius 2 is 2.16 bits per heavy atom. The SMILES string of the molecule is FC(F)(F)CCCCNC1CCCc2cccnc21. The predicted octanol–water partition coefficient (Wildman–Crippen LogP) is 3.78. The van der Waals surface area contributed by atoms with E-state index >= 15 is 0 Å². The van der Waals surface area contributed by atoms with Crippen LogP contribution in [0.3, 0.4) is 0 Å². The summed E-state index contributed by atoms with van der Waals surface area (Å²) >= 11 is 0. The minimum absolute atomic E-state index is 0.193. The number of alkyl halides is 3. The first kappa shape index (κ1) is 14.3. The van der Waals surface area contributed by atoms with Crippen molar-refractivity contribution in [2.45, 2.75) is 50.7 Å². The van der Waals surface area contributed by atoms with Crippen LogP contribution in [0.15, 0.2) is 18.3 Å². The lowest BCUT2D eigenvalue weighted by Crippen LogP contribution is -2.27. The van der Waals surface area contributed by atoms with E-state index in [0.717, 1.165) is 25.0 Å². The normalized spacial score (nSPS) is 19.2. The molecule has 0 radical (unpaired) electrons. The van der Waals surface area contributed by atoms with Gasteiger partial charge >= 0.3 is 6.18 Å². The maximum absolute atomic E-state index is 12.0. The van der Waals surface area contributed by atoms with Crippen molar-refractivity contribution in [3.8, 4) is 0 Å². The van der Waals surface area contributed by atoms with Gasteiger partial charge in [0.15, 0.2) is 0 Å². The van der Waals surface area contributed by atoms with E-state index in [-0.39, 0.29) is 12.5 Å². The maximum Gasteiger partial charge on any atom is 0.389 e. The number of nitrogens with one attached hydrogen (secondary N) is 1. The fourth-order valence-corrected chi connectivity index (χ4v) is 2.53. The molecule has 0 saturated carbocycles. The molecule has 0 amide bonds. The molecular weight excluding hydrogens is 253 g/mol. The van der Waals surface area contributed by atoms with Crippen LogP contribution in [-0.4, -0.2) is 17.7 Å². The molecule has 0 aliphatic heterocycles. The monoisotopic (exact) mass is 272 g/mol. The predicted molar refractivity (Wildman–Crippen MR) is 67.8 cm³/mol. The van der Waals surface area contributed by atoms with E-state index in [9.17, 15) is 13.2 Å². The first-order chi connectivity index (χ1) is 9.06. The second-order valence-electron chi connectivity index (χ2n) is 5.02. The maximum atomic E-state index is 12.0. The van der Waals surface area contributed by atoms with Crippen LogP contribution < -0.4 is 5.32 Å². The summed E-state index contributed by atoms with van der Waals surface area (Å²) in [6, 6.07) is 4.22. The molecule has 1 unspecified atom stereocenters. The van der Waals surface area contributed by atoms with Crippen molar-refractivity contribution in [2.75, 3.05) is 6.54 Å². The molecule has 1 N–H and O–H groups in total. The van der Waals surface area contributed by atoms with E-state index in [2.05, 4.69) is 16.4 Å². The highest BCUT2D eigenvalue weighted by Crippen LogP contribution is 2.27. The molecule has 2 nitrogen and oxygen atoms in total. The van der Waals surface area contributed by atoms with Gasteiger partial charge in [-0.15, -0.1) is 0 Å². The molecule has 0 spiro atoms. The number of halogens is 3.